The lowest BCUT2D eigenvalue weighted by atomic mass is 9.95. The zero-order valence-corrected chi connectivity index (χ0v) is 13.9. The van der Waals surface area contributed by atoms with Crippen LogP contribution < -0.4 is 9.47 Å². The minimum atomic E-state index is 0.756. The van der Waals surface area contributed by atoms with E-state index in [1.807, 2.05) is 6.07 Å². The van der Waals surface area contributed by atoms with Crippen molar-refractivity contribution in [3.63, 3.8) is 0 Å². The normalized spacial score (nSPS) is 19.9. The Morgan fingerprint density at radius 1 is 1.40 bits per heavy atom. The molecule has 0 amide bonds. The van der Waals surface area contributed by atoms with Crippen LogP contribution in [0.1, 0.15) is 25.0 Å². The smallest absolute Gasteiger partial charge is 0.183 e. The van der Waals surface area contributed by atoms with E-state index in [0.717, 1.165) is 48.1 Å². The number of hydrogen-bond acceptors (Lipinski definition) is 4. The first-order chi connectivity index (χ1) is 9.78. The van der Waals surface area contributed by atoms with Crippen molar-refractivity contribution in [3.8, 4) is 11.5 Å². The van der Waals surface area contributed by atoms with Crippen LogP contribution in [0.2, 0.25) is 0 Å². The molecule has 1 fully saturated rings. The van der Waals surface area contributed by atoms with Crippen molar-refractivity contribution in [2.45, 2.75) is 25.8 Å². The topological polar surface area (TPSA) is 34.6 Å². The van der Waals surface area contributed by atoms with Crippen LogP contribution in [0.25, 0.3) is 0 Å². The molecule has 112 valence electrons. The van der Waals surface area contributed by atoms with Crippen molar-refractivity contribution in [1.29, 1.82) is 0 Å². The second-order valence-corrected chi connectivity index (χ2v) is 6.01. The number of nitrogens with zero attached hydrogens (tertiary/aromatic N) is 2. The predicted octanol–water partition coefficient (Wildman–Crippen LogP) is 3.10. The summed E-state index contributed by atoms with van der Waals surface area (Å²) in [6.07, 6.45) is 5.64. The van der Waals surface area contributed by atoms with Crippen LogP contribution in [-0.2, 0) is 6.54 Å². The fourth-order valence-electron chi connectivity index (χ4n) is 2.86. The second-order valence-electron chi connectivity index (χ2n) is 5.21. The fraction of sp³-hybridized carbons (Fsp3) is 0.667. The molecule has 1 aliphatic heterocycles. The molecule has 1 aliphatic rings. The Hall–Kier alpha value is -0.810. The predicted molar refractivity (Wildman–Crippen MR) is 83.8 cm³/mol. The van der Waals surface area contributed by atoms with Gasteiger partial charge in [0.2, 0.25) is 0 Å². The lowest BCUT2D eigenvalue weighted by Crippen LogP contribution is -2.35. The summed E-state index contributed by atoms with van der Waals surface area (Å²) in [7, 11) is 3.33. The van der Waals surface area contributed by atoms with Gasteiger partial charge in [0.05, 0.1) is 14.2 Å². The van der Waals surface area contributed by atoms with E-state index < -0.39 is 0 Å². The number of methoxy groups -OCH3 is 2. The van der Waals surface area contributed by atoms with E-state index >= 15 is 0 Å². The minimum Gasteiger partial charge on any atom is -0.493 e. The average molecular weight is 343 g/mol. The Labute approximate surface area is 129 Å². The van der Waals surface area contributed by atoms with Gasteiger partial charge < -0.3 is 9.47 Å². The van der Waals surface area contributed by atoms with Crippen LogP contribution in [0.4, 0.5) is 0 Å². The molecule has 0 aliphatic carbocycles. The highest BCUT2D eigenvalue weighted by atomic mass is 79.9. The molecule has 2 heterocycles. The van der Waals surface area contributed by atoms with Crippen LogP contribution >= 0.6 is 15.9 Å². The summed E-state index contributed by atoms with van der Waals surface area (Å²) in [4.78, 5) is 6.94. The Balaban J connectivity index is 2.05. The highest BCUT2D eigenvalue weighted by Crippen LogP contribution is 2.31. The van der Waals surface area contributed by atoms with Crippen LogP contribution in [0.3, 0.4) is 0 Å². The SMILES string of the molecule is COc1ccnc(CN2CCCC(CCBr)C2)c1OC. The first-order valence-electron chi connectivity index (χ1n) is 7.12. The van der Waals surface area contributed by atoms with Gasteiger partial charge in [-0.05, 0) is 31.7 Å². The molecule has 20 heavy (non-hydrogen) atoms. The molecule has 0 spiro atoms. The highest BCUT2D eigenvalue weighted by molar-refractivity contribution is 9.09. The lowest BCUT2D eigenvalue weighted by Gasteiger charge is -2.32. The Kier molecular flexibility index (Phi) is 6.10. The zero-order valence-electron chi connectivity index (χ0n) is 12.3. The minimum absolute atomic E-state index is 0.756. The van der Waals surface area contributed by atoms with Crippen molar-refractivity contribution >= 4 is 15.9 Å². The standard InChI is InChI=1S/C15H23BrN2O2/c1-19-14-6-8-17-13(15(14)20-2)11-18-9-3-4-12(10-18)5-7-16/h6,8,12H,3-5,7,9-11H2,1-2H3. The molecule has 0 aromatic carbocycles. The van der Waals surface area contributed by atoms with Crippen LogP contribution in [-0.4, -0.2) is 42.5 Å². The van der Waals surface area contributed by atoms with Crippen LogP contribution in [0, 0.1) is 5.92 Å². The zero-order chi connectivity index (χ0) is 14.4. The largest absolute Gasteiger partial charge is 0.493 e. The van der Waals surface area contributed by atoms with E-state index in [1.165, 1.54) is 19.3 Å². The van der Waals surface area contributed by atoms with Gasteiger partial charge in [0.1, 0.15) is 5.69 Å². The average Bonchev–Trinajstić information content (AvgIpc) is 2.47. The van der Waals surface area contributed by atoms with Crippen molar-refractivity contribution in [3.05, 3.63) is 18.0 Å². The van der Waals surface area contributed by atoms with E-state index in [1.54, 1.807) is 20.4 Å². The summed E-state index contributed by atoms with van der Waals surface area (Å²) in [5, 5.41) is 1.09. The van der Waals surface area contributed by atoms with E-state index in [-0.39, 0.29) is 0 Å². The summed E-state index contributed by atoms with van der Waals surface area (Å²) >= 11 is 3.55. The molecule has 5 heteroatoms. The maximum atomic E-state index is 5.46. The highest BCUT2D eigenvalue weighted by Gasteiger charge is 2.21. The van der Waals surface area contributed by atoms with E-state index in [9.17, 15) is 0 Å². The molecule has 0 saturated carbocycles. The van der Waals surface area contributed by atoms with Gasteiger partial charge in [-0.25, -0.2) is 0 Å². The summed E-state index contributed by atoms with van der Waals surface area (Å²) in [6, 6.07) is 1.84. The van der Waals surface area contributed by atoms with Crippen molar-refractivity contribution < 1.29 is 9.47 Å². The van der Waals surface area contributed by atoms with Gasteiger partial charge in [-0.1, -0.05) is 15.9 Å². The lowest BCUT2D eigenvalue weighted by molar-refractivity contribution is 0.162. The molecule has 4 nitrogen and oxygen atoms in total. The third kappa shape index (κ3) is 3.85. The van der Waals surface area contributed by atoms with Gasteiger partial charge in [-0.15, -0.1) is 0 Å². The number of alkyl halides is 1. The quantitative estimate of drug-likeness (QED) is 0.744. The molecule has 1 saturated heterocycles. The van der Waals surface area contributed by atoms with Gasteiger partial charge in [0, 0.05) is 30.7 Å². The van der Waals surface area contributed by atoms with Gasteiger partial charge in [-0.2, -0.15) is 0 Å². The Morgan fingerprint density at radius 3 is 2.95 bits per heavy atom. The second kappa shape index (κ2) is 7.84. The van der Waals surface area contributed by atoms with Crippen molar-refractivity contribution in [2.24, 2.45) is 5.92 Å². The van der Waals surface area contributed by atoms with Gasteiger partial charge in [-0.3, -0.25) is 9.88 Å². The van der Waals surface area contributed by atoms with Gasteiger partial charge in [0.15, 0.2) is 11.5 Å². The third-order valence-electron chi connectivity index (χ3n) is 3.86. The maximum Gasteiger partial charge on any atom is 0.183 e. The molecule has 0 N–H and O–H groups in total. The summed E-state index contributed by atoms with van der Waals surface area (Å²) in [5.74, 6) is 2.31. The van der Waals surface area contributed by atoms with E-state index in [4.69, 9.17) is 9.47 Å². The van der Waals surface area contributed by atoms with Gasteiger partial charge in [0.25, 0.3) is 0 Å². The molecular formula is C15H23BrN2O2. The number of hydrogen-bond donors (Lipinski definition) is 0. The number of ether oxygens (including phenoxy) is 2. The molecule has 2 rings (SSSR count). The Morgan fingerprint density at radius 2 is 2.25 bits per heavy atom. The van der Waals surface area contributed by atoms with Gasteiger partial charge >= 0.3 is 0 Å². The number of piperidine rings is 1. The third-order valence-corrected chi connectivity index (χ3v) is 4.32. The molecule has 0 radical (unpaired) electrons. The number of halogens is 1. The molecule has 0 bridgehead atoms. The maximum absolute atomic E-state index is 5.46. The molecule has 1 aromatic rings. The number of likely N-dealkylation sites (tertiary alicyclic amines) is 1. The summed E-state index contributed by atoms with van der Waals surface area (Å²) in [6.45, 7) is 3.12. The first-order valence-corrected chi connectivity index (χ1v) is 8.24. The van der Waals surface area contributed by atoms with Crippen LogP contribution in [0.15, 0.2) is 12.3 Å². The number of pyridine rings is 1. The fourth-order valence-corrected chi connectivity index (χ4v) is 3.51. The molecule has 1 unspecified atom stereocenters. The summed E-state index contributed by atoms with van der Waals surface area (Å²) < 4.78 is 10.8. The first kappa shape index (κ1) is 15.6. The molecular weight excluding hydrogens is 320 g/mol. The number of aromatic nitrogens is 1. The van der Waals surface area contributed by atoms with E-state index in [2.05, 4.69) is 25.8 Å². The van der Waals surface area contributed by atoms with E-state index in [0.29, 0.717) is 0 Å². The molecule has 1 atom stereocenters. The number of rotatable bonds is 6. The summed E-state index contributed by atoms with van der Waals surface area (Å²) in [5.41, 5.74) is 0.964. The van der Waals surface area contributed by atoms with Crippen molar-refractivity contribution in [2.75, 3.05) is 32.6 Å². The van der Waals surface area contributed by atoms with Crippen molar-refractivity contribution in [1.82, 2.24) is 9.88 Å². The monoisotopic (exact) mass is 342 g/mol. The van der Waals surface area contributed by atoms with Crippen LogP contribution in [0.5, 0.6) is 11.5 Å². The molecule has 1 aromatic heterocycles. The Bertz CT molecular complexity index is 426.